The third-order valence-corrected chi connectivity index (χ3v) is 3.76. The average molecular weight is 373 g/mol. The third-order valence-electron chi connectivity index (χ3n) is 2.89. The van der Waals surface area contributed by atoms with Gasteiger partial charge in [-0.3, -0.25) is 0 Å². The number of nitrogens with zero attached hydrogens (tertiary/aromatic N) is 5. The molecule has 2 aromatic heterocycles. The highest BCUT2D eigenvalue weighted by Gasteiger charge is 2.11. The molecule has 0 spiro atoms. The van der Waals surface area contributed by atoms with Crippen LogP contribution in [0.3, 0.4) is 0 Å². The predicted molar refractivity (Wildman–Crippen MR) is 99.1 cm³/mol. The molecule has 0 saturated carbocycles. The molecule has 0 aliphatic carbocycles. The largest absolute Gasteiger partial charge is 0.369 e. The maximum atomic E-state index is 8.36. The zero-order valence-electron chi connectivity index (χ0n) is 13.3. The maximum absolute atomic E-state index is 8.36. The van der Waals surface area contributed by atoms with E-state index < -0.39 is 5.09 Å². The Balaban J connectivity index is 0.000000552. The molecule has 0 bridgehead atoms. The lowest BCUT2D eigenvalue weighted by molar-refractivity contribution is -0.742. The molecule has 10 nitrogen and oxygen atoms in total. The van der Waals surface area contributed by atoms with Gasteiger partial charge in [-0.05, 0) is 23.6 Å². The first kappa shape index (κ1) is 18.6. The summed E-state index contributed by atoms with van der Waals surface area (Å²) in [5.74, 6) is -0.0793. The zero-order chi connectivity index (χ0) is 18.9. The minimum atomic E-state index is -1.50. The summed E-state index contributed by atoms with van der Waals surface area (Å²) in [5.41, 5.74) is 13.2. The van der Waals surface area contributed by atoms with Crippen LogP contribution in [0.5, 0.6) is 0 Å². The Labute approximate surface area is 151 Å². The number of rotatable bonds is 4. The molecule has 134 valence electrons. The molecule has 26 heavy (non-hydrogen) atoms. The van der Waals surface area contributed by atoms with Crippen molar-refractivity contribution in [2.75, 3.05) is 0 Å². The summed E-state index contributed by atoms with van der Waals surface area (Å²) in [4.78, 5) is 9.42. The Hall–Kier alpha value is -3.73. The fraction of sp³-hybridized carbons (Fsp3) is 0. The van der Waals surface area contributed by atoms with Crippen molar-refractivity contribution in [3.8, 4) is 16.3 Å². The number of thiophene rings is 1. The molecule has 3 aromatic rings. The van der Waals surface area contributed by atoms with Crippen LogP contribution >= 0.6 is 11.3 Å². The van der Waals surface area contributed by atoms with Crippen LogP contribution in [0.25, 0.3) is 16.3 Å². The average Bonchev–Trinajstić information content (AvgIpc) is 3.24. The summed E-state index contributed by atoms with van der Waals surface area (Å²) in [6.07, 6.45) is 3.50. The molecule has 0 unspecified atom stereocenters. The molecule has 5 N–H and O–H groups in total. The Bertz CT molecular complexity index is 897. The van der Waals surface area contributed by atoms with Crippen molar-refractivity contribution < 1.29 is 10.3 Å². The molecule has 0 aliphatic heterocycles. The quantitative estimate of drug-likeness (QED) is 0.274. The van der Waals surface area contributed by atoms with Crippen molar-refractivity contribution >= 4 is 23.5 Å². The van der Waals surface area contributed by atoms with Crippen molar-refractivity contribution in [3.05, 3.63) is 69.7 Å². The Kier molecular flexibility index (Phi) is 6.40. The minimum absolute atomic E-state index is 0.0793. The number of aromatic nitrogens is 2. The van der Waals surface area contributed by atoms with Gasteiger partial charge in [0.05, 0.1) is 16.8 Å². The molecule has 0 amide bonds. The van der Waals surface area contributed by atoms with Gasteiger partial charge in [0.2, 0.25) is 5.96 Å². The molecular weight excluding hydrogens is 358 g/mol. The number of para-hydroxylation sites is 1. The second-order valence-corrected chi connectivity index (χ2v) is 5.65. The summed E-state index contributed by atoms with van der Waals surface area (Å²) in [6, 6.07) is 13.9. The lowest BCUT2D eigenvalue weighted by Gasteiger charge is -1.98. The summed E-state index contributed by atoms with van der Waals surface area (Å²) in [7, 11) is 0. The Morgan fingerprint density at radius 1 is 1.27 bits per heavy atom. The SMILES string of the molecule is NC(N)=NN=Cc1cn(-c2ccccc2)nc1-c1cccs1.O=[N+]([O-])O. The minimum Gasteiger partial charge on any atom is -0.369 e. The molecular formula is C15H15N7O3S. The summed E-state index contributed by atoms with van der Waals surface area (Å²) >= 11 is 1.62. The van der Waals surface area contributed by atoms with Gasteiger partial charge in [0.15, 0.2) is 0 Å². The van der Waals surface area contributed by atoms with Crippen molar-refractivity contribution in [1.82, 2.24) is 9.78 Å². The number of benzene rings is 1. The van der Waals surface area contributed by atoms with E-state index in [1.54, 1.807) is 17.6 Å². The van der Waals surface area contributed by atoms with Gasteiger partial charge in [-0.1, -0.05) is 24.3 Å². The first-order valence-electron chi connectivity index (χ1n) is 7.11. The van der Waals surface area contributed by atoms with Crippen LogP contribution in [0, 0.1) is 10.1 Å². The van der Waals surface area contributed by atoms with Gasteiger partial charge in [-0.25, -0.2) is 4.68 Å². The van der Waals surface area contributed by atoms with Crippen molar-refractivity contribution in [2.45, 2.75) is 0 Å². The predicted octanol–water partition coefficient (Wildman–Crippen LogP) is 1.86. The fourth-order valence-corrected chi connectivity index (χ4v) is 2.69. The molecule has 1 aromatic carbocycles. The van der Waals surface area contributed by atoms with Gasteiger partial charge in [-0.15, -0.1) is 26.6 Å². The van der Waals surface area contributed by atoms with E-state index in [-0.39, 0.29) is 5.96 Å². The van der Waals surface area contributed by atoms with Crippen LogP contribution < -0.4 is 11.5 Å². The number of guanidine groups is 1. The molecule has 0 fully saturated rings. The third kappa shape index (κ3) is 5.42. The van der Waals surface area contributed by atoms with E-state index in [4.69, 9.17) is 26.8 Å². The Morgan fingerprint density at radius 2 is 1.96 bits per heavy atom. The molecule has 0 atom stereocenters. The summed E-state index contributed by atoms with van der Waals surface area (Å²) in [6.45, 7) is 0. The van der Waals surface area contributed by atoms with Crippen molar-refractivity contribution in [1.29, 1.82) is 0 Å². The number of hydrogen-bond donors (Lipinski definition) is 3. The second kappa shape index (κ2) is 8.94. The van der Waals surface area contributed by atoms with Crippen LogP contribution in [0.2, 0.25) is 0 Å². The lowest BCUT2D eigenvalue weighted by atomic mass is 10.2. The van der Waals surface area contributed by atoms with E-state index in [2.05, 4.69) is 15.3 Å². The first-order chi connectivity index (χ1) is 12.5. The van der Waals surface area contributed by atoms with Crippen LogP contribution in [-0.4, -0.2) is 32.2 Å². The standard InChI is InChI=1S/C15H14N6S.HNO3/c16-15(17)19-18-9-11-10-21(12-5-2-1-3-6-12)20-14(11)13-7-4-8-22-13;2-1(3)4/h1-10H,(H4,16,17,19);(H,2,3,4). The van der Waals surface area contributed by atoms with Gasteiger partial charge in [0, 0.05) is 11.8 Å². The second-order valence-electron chi connectivity index (χ2n) is 4.70. The number of nitrogens with two attached hydrogens (primary N) is 2. The van der Waals surface area contributed by atoms with Crippen LogP contribution in [-0.2, 0) is 0 Å². The van der Waals surface area contributed by atoms with Crippen molar-refractivity contribution in [2.24, 2.45) is 21.7 Å². The first-order valence-corrected chi connectivity index (χ1v) is 7.99. The topological polar surface area (TPSA) is 158 Å². The van der Waals surface area contributed by atoms with Crippen molar-refractivity contribution in [3.63, 3.8) is 0 Å². The molecule has 3 rings (SSSR count). The van der Waals surface area contributed by atoms with E-state index in [9.17, 15) is 0 Å². The van der Waals surface area contributed by atoms with E-state index in [0.29, 0.717) is 0 Å². The molecule has 11 heteroatoms. The van der Waals surface area contributed by atoms with Crippen LogP contribution in [0.4, 0.5) is 0 Å². The highest BCUT2D eigenvalue weighted by molar-refractivity contribution is 7.13. The van der Waals surface area contributed by atoms with Gasteiger partial charge < -0.3 is 16.7 Å². The van der Waals surface area contributed by atoms with Gasteiger partial charge in [-0.2, -0.15) is 10.2 Å². The van der Waals surface area contributed by atoms with Crippen LogP contribution in [0.1, 0.15) is 5.56 Å². The molecule has 0 radical (unpaired) electrons. The smallest absolute Gasteiger partial charge is 0.291 e. The lowest BCUT2D eigenvalue weighted by Crippen LogP contribution is -2.21. The Morgan fingerprint density at radius 3 is 2.54 bits per heavy atom. The van der Waals surface area contributed by atoms with E-state index >= 15 is 0 Å². The fourth-order valence-electron chi connectivity index (χ4n) is 1.96. The summed E-state index contributed by atoms with van der Waals surface area (Å²) in [5, 5.41) is 27.8. The molecule has 0 saturated heterocycles. The monoisotopic (exact) mass is 373 g/mol. The van der Waals surface area contributed by atoms with Gasteiger partial charge >= 0.3 is 0 Å². The highest BCUT2D eigenvalue weighted by atomic mass is 32.1. The van der Waals surface area contributed by atoms with E-state index in [1.165, 1.54) is 0 Å². The van der Waals surface area contributed by atoms with Gasteiger partial charge in [0.25, 0.3) is 5.09 Å². The molecule has 2 heterocycles. The van der Waals surface area contributed by atoms with Gasteiger partial charge in [0.1, 0.15) is 5.69 Å². The normalized spacial score (nSPS) is 10.2. The molecule has 0 aliphatic rings. The van der Waals surface area contributed by atoms with E-state index in [0.717, 1.165) is 21.8 Å². The highest BCUT2D eigenvalue weighted by Crippen LogP contribution is 2.26. The summed E-state index contributed by atoms with van der Waals surface area (Å²) < 4.78 is 1.81. The number of hydrogen-bond acceptors (Lipinski definition) is 6. The van der Waals surface area contributed by atoms with Crippen LogP contribution in [0.15, 0.2) is 64.2 Å². The zero-order valence-corrected chi connectivity index (χ0v) is 14.2. The van der Waals surface area contributed by atoms with E-state index in [1.807, 2.05) is 58.7 Å². The maximum Gasteiger partial charge on any atom is 0.291 e.